The van der Waals surface area contributed by atoms with E-state index in [9.17, 15) is 4.79 Å². The number of amides is 1. The van der Waals surface area contributed by atoms with Crippen LogP contribution in [0.15, 0.2) is 40.7 Å². The fraction of sp³-hybridized carbons (Fsp3) is 0.214. The lowest BCUT2D eigenvalue weighted by atomic mass is 10.2. The van der Waals surface area contributed by atoms with Crippen LogP contribution in [0.25, 0.3) is 10.9 Å². The van der Waals surface area contributed by atoms with Crippen molar-refractivity contribution in [1.29, 1.82) is 0 Å². The van der Waals surface area contributed by atoms with Gasteiger partial charge in [-0.3, -0.25) is 4.79 Å². The lowest BCUT2D eigenvalue weighted by molar-refractivity contribution is -0.118. The van der Waals surface area contributed by atoms with Crippen LogP contribution in [0.4, 0.5) is 0 Å². The summed E-state index contributed by atoms with van der Waals surface area (Å²) in [7, 11) is 0. The molecule has 2 heterocycles. The zero-order valence-electron chi connectivity index (χ0n) is 11.0. The van der Waals surface area contributed by atoms with E-state index in [1.54, 1.807) is 6.21 Å². The van der Waals surface area contributed by atoms with Gasteiger partial charge in [0.2, 0.25) is 5.91 Å². The molecule has 20 heavy (non-hydrogen) atoms. The van der Waals surface area contributed by atoms with E-state index in [4.69, 9.17) is 0 Å². The largest absolute Gasteiger partial charge is 0.361 e. The summed E-state index contributed by atoms with van der Waals surface area (Å²) in [6, 6.07) is 8.00. The average Bonchev–Trinajstić information content (AvgIpc) is 3.03. The zero-order valence-corrected chi connectivity index (χ0v) is 11.8. The van der Waals surface area contributed by atoms with Gasteiger partial charge in [0.05, 0.1) is 11.5 Å². The number of benzene rings is 1. The zero-order chi connectivity index (χ0) is 13.9. The number of hydrogen-bond acceptors (Lipinski definition) is 4. The molecule has 1 aromatic carbocycles. The van der Waals surface area contributed by atoms with Crippen LogP contribution >= 0.6 is 11.8 Å². The second kappa shape index (κ2) is 5.50. The van der Waals surface area contributed by atoms with E-state index in [0.717, 1.165) is 22.9 Å². The Bertz CT molecular complexity index is 704. The van der Waals surface area contributed by atoms with E-state index in [-0.39, 0.29) is 11.2 Å². The summed E-state index contributed by atoms with van der Waals surface area (Å²) in [5, 5.41) is 12.5. The number of amidine groups is 1. The molecule has 0 aliphatic carbocycles. The van der Waals surface area contributed by atoms with Crippen molar-refractivity contribution >= 4 is 40.0 Å². The number of para-hydroxylation sites is 1. The van der Waals surface area contributed by atoms with E-state index in [1.807, 2.05) is 37.4 Å². The molecule has 1 aromatic heterocycles. The maximum absolute atomic E-state index is 11.5. The van der Waals surface area contributed by atoms with Crippen LogP contribution in [0.3, 0.4) is 0 Å². The quantitative estimate of drug-likeness (QED) is 0.672. The number of aromatic amines is 1. The highest BCUT2D eigenvalue weighted by Crippen LogP contribution is 2.22. The predicted molar refractivity (Wildman–Crippen MR) is 83.1 cm³/mol. The van der Waals surface area contributed by atoms with Gasteiger partial charge in [-0.1, -0.05) is 36.9 Å². The van der Waals surface area contributed by atoms with Crippen molar-refractivity contribution in [2.24, 2.45) is 10.2 Å². The van der Waals surface area contributed by atoms with Gasteiger partial charge in [0.15, 0.2) is 5.17 Å². The fourth-order valence-electron chi connectivity index (χ4n) is 2.07. The number of aromatic nitrogens is 1. The SMILES string of the molecule is CCC1S/C(=N/N=C/c2c[nH]c3ccccc23)NC1=O. The van der Waals surface area contributed by atoms with E-state index >= 15 is 0 Å². The smallest absolute Gasteiger partial charge is 0.239 e. The first-order chi connectivity index (χ1) is 9.78. The number of nitrogens with zero attached hydrogens (tertiary/aromatic N) is 2. The van der Waals surface area contributed by atoms with Gasteiger partial charge >= 0.3 is 0 Å². The Morgan fingerprint density at radius 2 is 2.25 bits per heavy atom. The van der Waals surface area contributed by atoms with Gasteiger partial charge in [-0.05, 0) is 12.5 Å². The Morgan fingerprint density at radius 1 is 1.40 bits per heavy atom. The molecule has 0 saturated carbocycles. The number of rotatable bonds is 3. The van der Waals surface area contributed by atoms with Gasteiger partial charge in [0.1, 0.15) is 0 Å². The Balaban J connectivity index is 1.77. The van der Waals surface area contributed by atoms with E-state index in [1.165, 1.54) is 11.8 Å². The van der Waals surface area contributed by atoms with Crippen molar-refractivity contribution in [1.82, 2.24) is 10.3 Å². The molecule has 1 fully saturated rings. The standard InChI is InChI=1S/C14H14N4OS/c1-2-12-13(19)17-14(20-12)18-16-8-9-7-15-11-6-4-3-5-10(9)11/h3-8,12,15H,2H2,1H3,(H,17,18,19)/b16-8+. The lowest BCUT2D eigenvalue weighted by Crippen LogP contribution is -2.24. The molecule has 0 spiro atoms. The highest BCUT2D eigenvalue weighted by atomic mass is 32.2. The van der Waals surface area contributed by atoms with Crippen LogP contribution < -0.4 is 5.32 Å². The molecule has 1 unspecified atom stereocenters. The van der Waals surface area contributed by atoms with Gasteiger partial charge in [-0.25, -0.2) is 0 Å². The van der Waals surface area contributed by atoms with E-state index in [2.05, 4.69) is 20.5 Å². The molecule has 1 saturated heterocycles. The van der Waals surface area contributed by atoms with Crippen molar-refractivity contribution in [3.63, 3.8) is 0 Å². The van der Waals surface area contributed by atoms with Crippen LogP contribution in [0.1, 0.15) is 18.9 Å². The summed E-state index contributed by atoms with van der Waals surface area (Å²) in [6.45, 7) is 1.98. The Morgan fingerprint density at radius 3 is 3.05 bits per heavy atom. The molecule has 1 aliphatic rings. The third-order valence-electron chi connectivity index (χ3n) is 3.11. The highest BCUT2D eigenvalue weighted by Gasteiger charge is 2.28. The first-order valence-electron chi connectivity index (χ1n) is 6.42. The Hall–Kier alpha value is -2.08. The summed E-state index contributed by atoms with van der Waals surface area (Å²) < 4.78 is 0. The minimum Gasteiger partial charge on any atom is -0.361 e. The number of hydrogen-bond donors (Lipinski definition) is 2. The molecule has 1 atom stereocenters. The molecular formula is C14H14N4OS. The van der Waals surface area contributed by atoms with Gasteiger partial charge in [0.25, 0.3) is 0 Å². The molecule has 102 valence electrons. The van der Waals surface area contributed by atoms with E-state index in [0.29, 0.717) is 5.17 Å². The first kappa shape index (κ1) is 12.9. The third kappa shape index (κ3) is 2.46. The maximum atomic E-state index is 11.5. The second-order valence-electron chi connectivity index (χ2n) is 4.44. The molecule has 1 aliphatic heterocycles. The maximum Gasteiger partial charge on any atom is 0.239 e. The molecular weight excluding hydrogens is 272 g/mol. The van der Waals surface area contributed by atoms with Crippen molar-refractivity contribution in [3.8, 4) is 0 Å². The molecule has 2 aromatic rings. The van der Waals surface area contributed by atoms with Gasteiger partial charge in [-0.2, -0.15) is 5.10 Å². The molecule has 3 rings (SSSR count). The van der Waals surface area contributed by atoms with Gasteiger partial charge < -0.3 is 10.3 Å². The number of carbonyl (C=O) groups excluding carboxylic acids is 1. The lowest BCUT2D eigenvalue weighted by Gasteiger charge is -1.95. The molecule has 0 radical (unpaired) electrons. The summed E-state index contributed by atoms with van der Waals surface area (Å²) >= 11 is 1.43. The van der Waals surface area contributed by atoms with Crippen molar-refractivity contribution in [2.75, 3.05) is 0 Å². The molecule has 1 amide bonds. The van der Waals surface area contributed by atoms with Crippen LogP contribution in [0.2, 0.25) is 0 Å². The molecule has 0 bridgehead atoms. The monoisotopic (exact) mass is 286 g/mol. The topological polar surface area (TPSA) is 69.6 Å². The van der Waals surface area contributed by atoms with Crippen LogP contribution in [0.5, 0.6) is 0 Å². The highest BCUT2D eigenvalue weighted by molar-refractivity contribution is 8.15. The molecule has 6 heteroatoms. The van der Waals surface area contributed by atoms with Crippen molar-refractivity contribution in [2.45, 2.75) is 18.6 Å². The minimum atomic E-state index is -0.0444. The minimum absolute atomic E-state index is 0.0125. The summed E-state index contributed by atoms with van der Waals surface area (Å²) in [4.78, 5) is 14.7. The average molecular weight is 286 g/mol. The number of H-pyrrole nitrogens is 1. The Kier molecular flexibility index (Phi) is 3.56. The summed E-state index contributed by atoms with van der Waals surface area (Å²) in [5.74, 6) is 0.0125. The van der Waals surface area contributed by atoms with Crippen LogP contribution in [-0.4, -0.2) is 27.5 Å². The summed E-state index contributed by atoms with van der Waals surface area (Å²) in [5.41, 5.74) is 2.04. The van der Waals surface area contributed by atoms with Crippen molar-refractivity contribution < 1.29 is 4.79 Å². The number of thioether (sulfide) groups is 1. The van der Waals surface area contributed by atoms with Gasteiger partial charge in [-0.15, -0.1) is 5.10 Å². The molecule has 5 nitrogen and oxygen atoms in total. The second-order valence-corrected chi connectivity index (χ2v) is 5.63. The summed E-state index contributed by atoms with van der Waals surface area (Å²) in [6.07, 6.45) is 4.38. The predicted octanol–water partition coefficient (Wildman–Crippen LogP) is 2.50. The third-order valence-corrected chi connectivity index (χ3v) is 4.35. The van der Waals surface area contributed by atoms with E-state index < -0.39 is 0 Å². The van der Waals surface area contributed by atoms with Crippen LogP contribution in [0, 0.1) is 0 Å². The first-order valence-corrected chi connectivity index (χ1v) is 7.30. The van der Waals surface area contributed by atoms with Crippen LogP contribution in [-0.2, 0) is 4.79 Å². The molecule has 2 N–H and O–H groups in total. The number of carbonyl (C=O) groups is 1. The normalized spacial score (nSPS) is 21.1. The van der Waals surface area contributed by atoms with Crippen molar-refractivity contribution in [3.05, 3.63) is 36.0 Å². The Labute approximate surface area is 120 Å². The fourth-order valence-corrected chi connectivity index (χ4v) is 2.92. The van der Waals surface area contributed by atoms with Gasteiger partial charge in [0, 0.05) is 22.7 Å². The number of nitrogens with one attached hydrogen (secondary N) is 2. The number of fused-ring (bicyclic) bond motifs is 1.